The fourth-order valence-electron chi connectivity index (χ4n) is 1.58. The van der Waals surface area contributed by atoms with Crippen molar-refractivity contribution in [1.82, 2.24) is 4.90 Å². The molecular formula is C7H11ClF3NO2. The molecule has 14 heavy (non-hydrogen) atoms. The van der Waals surface area contributed by atoms with E-state index in [1.54, 1.807) is 0 Å². The lowest BCUT2D eigenvalue weighted by Crippen LogP contribution is -2.33. The summed E-state index contributed by atoms with van der Waals surface area (Å²) in [5.41, 5.74) is 0. The molecule has 1 aliphatic rings. The van der Waals surface area contributed by atoms with E-state index >= 15 is 0 Å². The number of carbonyl (C=O) groups is 1. The van der Waals surface area contributed by atoms with Gasteiger partial charge in [-0.1, -0.05) is 0 Å². The minimum absolute atomic E-state index is 0. The third-order valence-corrected chi connectivity index (χ3v) is 2.24. The van der Waals surface area contributed by atoms with E-state index in [2.05, 4.69) is 0 Å². The number of hydrogen-bond donors (Lipinski definition) is 1. The van der Waals surface area contributed by atoms with E-state index in [1.807, 2.05) is 0 Å². The highest BCUT2D eigenvalue weighted by Crippen LogP contribution is 2.36. The van der Waals surface area contributed by atoms with Gasteiger partial charge in [-0.25, -0.2) is 0 Å². The highest BCUT2D eigenvalue weighted by atomic mass is 35.5. The number of rotatable bonds is 1. The van der Waals surface area contributed by atoms with Gasteiger partial charge < -0.3 is 10.0 Å². The maximum atomic E-state index is 12.3. The number of aliphatic carboxylic acids is 1. The van der Waals surface area contributed by atoms with E-state index in [4.69, 9.17) is 5.11 Å². The van der Waals surface area contributed by atoms with Gasteiger partial charge in [0.1, 0.15) is 0 Å². The number of nitrogens with zero attached hydrogens (tertiary/aromatic N) is 1. The number of carboxylic acid groups (broad SMARTS) is 1. The summed E-state index contributed by atoms with van der Waals surface area (Å²) in [6.07, 6.45) is -4.41. The Bertz CT molecular complexity index is 221. The van der Waals surface area contributed by atoms with Crippen LogP contribution in [0.5, 0.6) is 0 Å². The van der Waals surface area contributed by atoms with Crippen LogP contribution < -0.4 is 0 Å². The largest absolute Gasteiger partial charge is 0.481 e. The molecule has 1 fully saturated rings. The molecule has 1 heterocycles. The van der Waals surface area contributed by atoms with Crippen molar-refractivity contribution in [2.45, 2.75) is 6.18 Å². The average Bonchev–Trinajstić information content (AvgIpc) is 2.29. The summed E-state index contributed by atoms with van der Waals surface area (Å²) < 4.78 is 36.8. The molecule has 1 aliphatic heterocycles. The Morgan fingerprint density at radius 1 is 1.43 bits per heavy atom. The van der Waals surface area contributed by atoms with Crippen LogP contribution in [0.25, 0.3) is 0 Å². The maximum absolute atomic E-state index is 12.3. The second-order valence-electron chi connectivity index (χ2n) is 3.31. The van der Waals surface area contributed by atoms with Crippen molar-refractivity contribution in [3.63, 3.8) is 0 Å². The van der Waals surface area contributed by atoms with E-state index in [0.29, 0.717) is 0 Å². The Morgan fingerprint density at radius 3 is 2.21 bits per heavy atom. The van der Waals surface area contributed by atoms with Crippen molar-refractivity contribution >= 4 is 18.4 Å². The van der Waals surface area contributed by atoms with Gasteiger partial charge >= 0.3 is 12.1 Å². The van der Waals surface area contributed by atoms with E-state index < -0.39 is 24.0 Å². The molecule has 0 aliphatic carbocycles. The smallest absolute Gasteiger partial charge is 0.393 e. The molecule has 84 valence electrons. The zero-order valence-corrected chi connectivity index (χ0v) is 8.23. The second kappa shape index (κ2) is 4.35. The monoisotopic (exact) mass is 233 g/mol. The molecular weight excluding hydrogens is 223 g/mol. The molecule has 1 N–H and O–H groups in total. The lowest BCUT2D eigenvalue weighted by molar-refractivity contribution is -0.188. The molecule has 0 spiro atoms. The molecule has 0 aromatic carbocycles. The van der Waals surface area contributed by atoms with Gasteiger partial charge in [-0.15, -0.1) is 12.4 Å². The zero-order chi connectivity index (χ0) is 10.2. The van der Waals surface area contributed by atoms with Crippen LogP contribution in [-0.2, 0) is 4.79 Å². The topological polar surface area (TPSA) is 40.5 Å². The van der Waals surface area contributed by atoms with Gasteiger partial charge in [0.15, 0.2) is 0 Å². The fourth-order valence-corrected chi connectivity index (χ4v) is 1.58. The van der Waals surface area contributed by atoms with Crippen LogP contribution in [-0.4, -0.2) is 42.3 Å². The summed E-state index contributed by atoms with van der Waals surface area (Å²) in [7, 11) is 1.49. The Labute approximate surface area is 85.3 Å². The summed E-state index contributed by atoms with van der Waals surface area (Å²) in [5.74, 6) is -4.41. The maximum Gasteiger partial charge on any atom is 0.393 e. The molecule has 0 aromatic rings. The Hall–Kier alpha value is -0.490. The van der Waals surface area contributed by atoms with Gasteiger partial charge in [0.25, 0.3) is 0 Å². The van der Waals surface area contributed by atoms with Crippen molar-refractivity contribution in [2.24, 2.45) is 11.8 Å². The first-order valence-corrected chi connectivity index (χ1v) is 3.80. The van der Waals surface area contributed by atoms with Crippen molar-refractivity contribution < 1.29 is 23.1 Å². The number of carboxylic acids is 1. The lowest BCUT2D eigenvalue weighted by Gasteiger charge is -2.17. The molecule has 2 unspecified atom stereocenters. The van der Waals surface area contributed by atoms with Crippen molar-refractivity contribution in [3.8, 4) is 0 Å². The first-order valence-electron chi connectivity index (χ1n) is 3.80. The van der Waals surface area contributed by atoms with Crippen LogP contribution in [0.2, 0.25) is 0 Å². The molecule has 0 aromatic heterocycles. The molecule has 0 bridgehead atoms. The summed E-state index contributed by atoms with van der Waals surface area (Å²) in [5, 5.41) is 8.54. The number of hydrogen-bond acceptors (Lipinski definition) is 2. The average molecular weight is 234 g/mol. The van der Waals surface area contributed by atoms with Crippen LogP contribution >= 0.6 is 12.4 Å². The normalized spacial score (nSPS) is 28.6. The van der Waals surface area contributed by atoms with Crippen LogP contribution in [0.3, 0.4) is 0 Å². The molecule has 3 nitrogen and oxygen atoms in total. The SMILES string of the molecule is CN1CC(C(=O)O)C(C(F)(F)F)C1.Cl. The quantitative estimate of drug-likeness (QED) is 0.741. The Morgan fingerprint density at radius 2 is 1.93 bits per heavy atom. The van der Waals surface area contributed by atoms with E-state index in [0.717, 1.165) is 0 Å². The molecule has 2 atom stereocenters. The van der Waals surface area contributed by atoms with Gasteiger partial charge in [-0.3, -0.25) is 4.79 Å². The Kier molecular flexibility index (Phi) is 4.20. The van der Waals surface area contributed by atoms with Crippen molar-refractivity contribution in [3.05, 3.63) is 0 Å². The van der Waals surface area contributed by atoms with Gasteiger partial charge in [0, 0.05) is 13.1 Å². The molecule has 0 radical (unpaired) electrons. The number of halogens is 4. The summed E-state index contributed by atoms with van der Waals surface area (Å²) >= 11 is 0. The summed E-state index contributed by atoms with van der Waals surface area (Å²) in [4.78, 5) is 11.9. The highest BCUT2D eigenvalue weighted by Gasteiger charge is 2.51. The van der Waals surface area contributed by atoms with E-state index in [1.165, 1.54) is 11.9 Å². The van der Waals surface area contributed by atoms with Gasteiger partial charge in [0.2, 0.25) is 0 Å². The molecule has 1 saturated heterocycles. The highest BCUT2D eigenvalue weighted by molar-refractivity contribution is 5.85. The summed E-state index contributed by atoms with van der Waals surface area (Å²) in [6.45, 7) is -0.250. The minimum Gasteiger partial charge on any atom is -0.481 e. The fraction of sp³-hybridized carbons (Fsp3) is 0.857. The zero-order valence-electron chi connectivity index (χ0n) is 7.41. The molecule has 7 heteroatoms. The van der Waals surface area contributed by atoms with Gasteiger partial charge in [0.05, 0.1) is 11.8 Å². The first kappa shape index (κ1) is 13.5. The number of alkyl halides is 3. The van der Waals surface area contributed by atoms with Crippen LogP contribution in [0.15, 0.2) is 0 Å². The number of likely N-dealkylation sites (tertiary alicyclic amines) is 1. The van der Waals surface area contributed by atoms with Crippen LogP contribution in [0, 0.1) is 11.8 Å². The lowest BCUT2D eigenvalue weighted by atomic mass is 9.96. The predicted molar refractivity (Wildman–Crippen MR) is 45.4 cm³/mol. The second-order valence-corrected chi connectivity index (χ2v) is 3.31. The third kappa shape index (κ3) is 2.75. The summed E-state index contributed by atoms with van der Waals surface area (Å²) in [6, 6.07) is 0. The van der Waals surface area contributed by atoms with Crippen LogP contribution in [0.4, 0.5) is 13.2 Å². The van der Waals surface area contributed by atoms with Crippen molar-refractivity contribution in [2.75, 3.05) is 20.1 Å². The molecule has 1 rings (SSSR count). The van der Waals surface area contributed by atoms with E-state index in [-0.39, 0.29) is 25.5 Å². The van der Waals surface area contributed by atoms with Crippen LogP contribution in [0.1, 0.15) is 0 Å². The van der Waals surface area contributed by atoms with E-state index in [9.17, 15) is 18.0 Å². The van der Waals surface area contributed by atoms with Gasteiger partial charge in [-0.05, 0) is 7.05 Å². The van der Waals surface area contributed by atoms with Crippen molar-refractivity contribution in [1.29, 1.82) is 0 Å². The third-order valence-electron chi connectivity index (χ3n) is 2.24. The standard InChI is InChI=1S/C7H10F3NO2.ClH/c1-11-2-4(6(12)13)5(3-11)7(8,9)10;/h4-5H,2-3H2,1H3,(H,12,13);1H. The molecule has 0 amide bonds. The molecule has 0 saturated carbocycles. The Balaban J connectivity index is 0.00000169. The van der Waals surface area contributed by atoms with Gasteiger partial charge in [-0.2, -0.15) is 13.2 Å². The minimum atomic E-state index is -4.41. The first-order chi connectivity index (χ1) is 5.82. The predicted octanol–water partition coefficient (Wildman–Crippen LogP) is 1.23.